The molecule has 1 aliphatic heterocycles. The number of halogens is 2. The van der Waals surface area contributed by atoms with Crippen LogP contribution < -0.4 is 15.0 Å². The summed E-state index contributed by atoms with van der Waals surface area (Å²) in [6.07, 6.45) is 2.37. The summed E-state index contributed by atoms with van der Waals surface area (Å²) in [5.41, 5.74) is 1.21. The molecule has 1 heterocycles. The second kappa shape index (κ2) is 7.84. The van der Waals surface area contributed by atoms with Crippen molar-refractivity contribution in [3.8, 4) is 5.75 Å². The van der Waals surface area contributed by atoms with Gasteiger partial charge in [0.15, 0.2) is 0 Å². The van der Waals surface area contributed by atoms with E-state index in [1.165, 1.54) is 12.1 Å². The molecule has 21 heavy (non-hydrogen) atoms. The second-order valence-corrected chi connectivity index (χ2v) is 7.39. The molecule has 118 valence electrons. The second-order valence-electron chi connectivity index (χ2n) is 5.68. The van der Waals surface area contributed by atoms with E-state index in [1.807, 2.05) is 0 Å². The largest absolute Gasteiger partial charge is 0.495 e. The quantitative estimate of drug-likeness (QED) is 0.780. The molecule has 2 rings (SSSR count). The Balaban J connectivity index is 2.26. The summed E-state index contributed by atoms with van der Waals surface area (Å²) < 4.78 is 7.54. The first kappa shape index (κ1) is 17.1. The lowest BCUT2D eigenvalue weighted by Crippen LogP contribution is -2.42. The molecule has 1 aromatic carbocycles. The van der Waals surface area contributed by atoms with Gasteiger partial charge in [0.2, 0.25) is 0 Å². The Morgan fingerprint density at radius 1 is 1.38 bits per heavy atom. The van der Waals surface area contributed by atoms with Gasteiger partial charge < -0.3 is 15.0 Å². The molecule has 1 aliphatic rings. The molecule has 0 saturated carbocycles. The van der Waals surface area contributed by atoms with Crippen LogP contribution in [-0.2, 0) is 0 Å². The number of ether oxygens (including phenoxy) is 1. The van der Waals surface area contributed by atoms with Crippen LogP contribution in [0.5, 0.6) is 5.75 Å². The van der Waals surface area contributed by atoms with Gasteiger partial charge >= 0.3 is 0 Å². The lowest BCUT2D eigenvalue weighted by atomic mass is 9.99. The minimum absolute atomic E-state index is 0.541. The van der Waals surface area contributed by atoms with Crippen LogP contribution in [0.15, 0.2) is 21.1 Å². The maximum absolute atomic E-state index is 5.45. The first-order valence-corrected chi connectivity index (χ1v) is 9.16. The molecule has 0 aromatic heterocycles. The normalized spacial score (nSPS) is 21.0. The van der Waals surface area contributed by atoms with E-state index < -0.39 is 0 Å². The van der Waals surface area contributed by atoms with Gasteiger partial charge in [-0.3, -0.25) is 0 Å². The van der Waals surface area contributed by atoms with Crippen LogP contribution in [0.2, 0.25) is 0 Å². The fraction of sp³-hybridized carbons (Fsp3) is 0.625. The average Bonchev–Trinajstić information content (AvgIpc) is 2.72. The summed E-state index contributed by atoms with van der Waals surface area (Å²) in [6.45, 7) is 7.80. The molecule has 1 N–H and O–H groups in total. The van der Waals surface area contributed by atoms with Crippen molar-refractivity contribution < 1.29 is 4.74 Å². The van der Waals surface area contributed by atoms with E-state index in [0.717, 1.165) is 40.8 Å². The molecule has 0 spiro atoms. The number of nitrogens with zero attached hydrogens (tertiary/aromatic N) is 1. The Kier molecular flexibility index (Phi) is 6.38. The highest BCUT2D eigenvalue weighted by Crippen LogP contribution is 2.37. The van der Waals surface area contributed by atoms with Crippen molar-refractivity contribution in [2.24, 2.45) is 5.92 Å². The summed E-state index contributed by atoms with van der Waals surface area (Å²) in [4.78, 5) is 2.47. The molecule has 0 aliphatic carbocycles. The highest BCUT2D eigenvalue weighted by atomic mass is 79.9. The summed E-state index contributed by atoms with van der Waals surface area (Å²) >= 11 is 7.24. The van der Waals surface area contributed by atoms with E-state index in [1.54, 1.807) is 7.11 Å². The van der Waals surface area contributed by atoms with Gasteiger partial charge in [-0.2, -0.15) is 0 Å². The minimum atomic E-state index is 0.541. The van der Waals surface area contributed by atoms with Gasteiger partial charge in [0.05, 0.1) is 17.3 Å². The Labute approximate surface area is 144 Å². The lowest BCUT2D eigenvalue weighted by Gasteiger charge is -2.30. The van der Waals surface area contributed by atoms with Gasteiger partial charge in [-0.05, 0) is 56.8 Å². The van der Waals surface area contributed by atoms with Gasteiger partial charge in [-0.25, -0.2) is 0 Å². The van der Waals surface area contributed by atoms with Crippen molar-refractivity contribution in [1.82, 2.24) is 5.32 Å². The van der Waals surface area contributed by atoms with Crippen molar-refractivity contribution >= 4 is 37.5 Å². The molecule has 0 amide bonds. The van der Waals surface area contributed by atoms with Crippen LogP contribution in [0, 0.1) is 5.92 Å². The lowest BCUT2D eigenvalue weighted by molar-refractivity contribution is 0.383. The molecule has 0 bridgehead atoms. The van der Waals surface area contributed by atoms with Crippen LogP contribution in [0.3, 0.4) is 0 Å². The molecule has 1 fully saturated rings. The highest BCUT2D eigenvalue weighted by molar-refractivity contribution is 9.11. The highest BCUT2D eigenvalue weighted by Gasteiger charge is 2.23. The third-order valence-electron chi connectivity index (χ3n) is 4.32. The Morgan fingerprint density at radius 2 is 2.14 bits per heavy atom. The zero-order valence-corrected chi connectivity index (χ0v) is 16.1. The summed E-state index contributed by atoms with van der Waals surface area (Å²) in [5, 5.41) is 3.69. The number of rotatable bonds is 4. The van der Waals surface area contributed by atoms with Crippen molar-refractivity contribution in [3.05, 3.63) is 21.1 Å². The molecule has 2 atom stereocenters. The third kappa shape index (κ3) is 4.14. The molecular formula is C16H24Br2N2O. The number of hydrogen-bond acceptors (Lipinski definition) is 3. The van der Waals surface area contributed by atoms with Gasteiger partial charge in [-0.1, -0.05) is 20.3 Å². The van der Waals surface area contributed by atoms with Crippen molar-refractivity contribution in [2.75, 3.05) is 31.6 Å². The van der Waals surface area contributed by atoms with Gasteiger partial charge in [-0.15, -0.1) is 0 Å². The number of hydrogen-bond donors (Lipinski definition) is 1. The minimum Gasteiger partial charge on any atom is -0.495 e. The molecular weight excluding hydrogens is 396 g/mol. The maximum Gasteiger partial charge on any atom is 0.135 e. The molecule has 0 radical (unpaired) electrons. The molecule has 2 unspecified atom stereocenters. The van der Waals surface area contributed by atoms with Crippen LogP contribution in [0.25, 0.3) is 0 Å². The summed E-state index contributed by atoms with van der Waals surface area (Å²) in [7, 11) is 1.71. The average molecular weight is 420 g/mol. The first-order chi connectivity index (χ1) is 10.1. The Morgan fingerprint density at radius 3 is 2.81 bits per heavy atom. The van der Waals surface area contributed by atoms with Gasteiger partial charge in [0.25, 0.3) is 0 Å². The fourth-order valence-electron chi connectivity index (χ4n) is 2.75. The Hall–Kier alpha value is -0.260. The van der Waals surface area contributed by atoms with Gasteiger partial charge in [0, 0.05) is 29.7 Å². The zero-order valence-electron chi connectivity index (χ0n) is 13.0. The van der Waals surface area contributed by atoms with Crippen LogP contribution in [0.4, 0.5) is 5.69 Å². The van der Waals surface area contributed by atoms with Crippen molar-refractivity contribution in [1.29, 1.82) is 0 Å². The monoisotopic (exact) mass is 418 g/mol. The molecule has 1 saturated heterocycles. The van der Waals surface area contributed by atoms with Crippen LogP contribution >= 0.6 is 31.9 Å². The number of benzene rings is 1. The predicted molar refractivity (Wildman–Crippen MR) is 96.5 cm³/mol. The van der Waals surface area contributed by atoms with Gasteiger partial charge in [0.1, 0.15) is 5.75 Å². The van der Waals surface area contributed by atoms with Crippen molar-refractivity contribution in [2.45, 2.75) is 32.7 Å². The maximum atomic E-state index is 5.45. The van der Waals surface area contributed by atoms with Crippen LogP contribution in [0.1, 0.15) is 26.7 Å². The first-order valence-electron chi connectivity index (χ1n) is 7.58. The van der Waals surface area contributed by atoms with Crippen LogP contribution in [-0.4, -0.2) is 32.8 Å². The SMILES string of the molecule is CCC(C)C1CN(c2cc(OC)c(Br)cc2Br)CCCN1. The Bertz CT molecular complexity index is 482. The van der Waals surface area contributed by atoms with E-state index in [2.05, 4.69) is 68.1 Å². The molecule has 1 aromatic rings. The zero-order chi connectivity index (χ0) is 15.4. The van der Waals surface area contributed by atoms with E-state index >= 15 is 0 Å². The fourth-order valence-corrected chi connectivity index (χ4v) is 4.16. The topological polar surface area (TPSA) is 24.5 Å². The third-order valence-corrected chi connectivity index (χ3v) is 5.58. The number of methoxy groups -OCH3 is 1. The molecule has 5 heteroatoms. The molecule has 3 nitrogen and oxygen atoms in total. The number of nitrogens with one attached hydrogen (secondary N) is 1. The van der Waals surface area contributed by atoms with E-state index in [0.29, 0.717) is 12.0 Å². The predicted octanol–water partition coefficient (Wildman–Crippen LogP) is 4.43. The smallest absolute Gasteiger partial charge is 0.135 e. The van der Waals surface area contributed by atoms with E-state index in [-0.39, 0.29) is 0 Å². The van der Waals surface area contributed by atoms with E-state index in [9.17, 15) is 0 Å². The van der Waals surface area contributed by atoms with Crippen molar-refractivity contribution in [3.63, 3.8) is 0 Å². The standard InChI is InChI=1S/C16H24Br2N2O/c1-4-11(2)14-10-20(7-5-6-19-14)15-9-16(21-3)13(18)8-12(15)17/h8-9,11,14,19H,4-7,10H2,1-3H3. The summed E-state index contributed by atoms with van der Waals surface area (Å²) in [5.74, 6) is 1.56. The summed E-state index contributed by atoms with van der Waals surface area (Å²) in [6, 6.07) is 4.73. The van der Waals surface area contributed by atoms with E-state index in [4.69, 9.17) is 4.74 Å². The number of anilines is 1.